The number of thioether (sulfide) groups is 1. The Hall–Kier alpha value is -7.13. The van der Waals surface area contributed by atoms with Crippen LogP contribution in [0.1, 0.15) is 5.56 Å². The van der Waals surface area contributed by atoms with E-state index in [2.05, 4.69) is 229 Å². The summed E-state index contributed by atoms with van der Waals surface area (Å²) in [6.07, 6.45) is 0. The van der Waals surface area contributed by atoms with E-state index in [1.807, 2.05) is 11.8 Å². The molecule has 278 valence electrons. The second-order valence-corrected chi connectivity index (χ2v) is 16.2. The number of hydrogen-bond donors (Lipinski definition) is 0. The van der Waals surface area contributed by atoms with Gasteiger partial charge < -0.3 is 4.90 Å². The van der Waals surface area contributed by atoms with Gasteiger partial charge in [-0.2, -0.15) is 0 Å². The molecule has 0 aromatic heterocycles. The quantitative estimate of drug-likeness (QED) is 0.159. The van der Waals surface area contributed by atoms with Crippen LogP contribution in [0.15, 0.2) is 229 Å². The lowest BCUT2D eigenvalue weighted by atomic mass is 9.93. The van der Waals surface area contributed by atoms with Gasteiger partial charge in [-0.05, 0) is 131 Å². The van der Waals surface area contributed by atoms with E-state index in [-0.39, 0.29) is 0 Å². The number of hydrogen-bond acceptors (Lipinski definition) is 2. The van der Waals surface area contributed by atoms with E-state index in [1.54, 1.807) is 0 Å². The molecular weight excluding hydrogens is 731 g/mol. The van der Waals surface area contributed by atoms with Crippen molar-refractivity contribution < 1.29 is 0 Å². The van der Waals surface area contributed by atoms with Crippen LogP contribution in [0.4, 0.5) is 17.1 Å². The third-order valence-corrected chi connectivity index (χ3v) is 12.9. The monoisotopic (exact) mass is 769 g/mol. The fraction of sp³-hybridized carbons (Fsp3) is 0.0175. The minimum atomic E-state index is 0.916. The predicted molar refractivity (Wildman–Crippen MR) is 253 cm³/mol. The lowest BCUT2D eigenvalue weighted by Crippen LogP contribution is -2.13. The Morgan fingerprint density at radius 3 is 1.66 bits per heavy atom. The van der Waals surface area contributed by atoms with Gasteiger partial charge in [-0.3, -0.25) is 0 Å². The Bertz CT molecular complexity index is 3140. The van der Waals surface area contributed by atoms with Crippen molar-refractivity contribution in [3.05, 3.63) is 230 Å². The molecule has 1 aliphatic rings. The molecule has 10 aromatic rings. The highest BCUT2D eigenvalue weighted by Crippen LogP contribution is 2.48. The lowest BCUT2D eigenvalue weighted by Gasteiger charge is -2.31. The Morgan fingerprint density at radius 1 is 0.322 bits per heavy atom. The number of rotatable bonds is 7. The highest BCUT2D eigenvalue weighted by Gasteiger charge is 2.24. The van der Waals surface area contributed by atoms with Crippen molar-refractivity contribution in [2.75, 3.05) is 4.90 Å². The van der Waals surface area contributed by atoms with E-state index in [0.717, 1.165) is 17.1 Å². The third-order valence-electron chi connectivity index (χ3n) is 11.8. The van der Waals surface area contributed by atoms with Gasteiger partial charge in [0.05, 0.1) is 5.69 Å². The summed E-state index contributed by atoms with van der Waals surface area (Å²) in [5.74, 6) is 0.916. The molecule has 11 rings (SSSR count). The molecule has 1 heterocycles. The molecule has 0 atom stereocenters. The summed E-state index contributed by atoms with van der Waals surface area (Å²) in [6.45, 7) is 0. The number of benzene rings is 10. The van der Waals surface area contributed by atoms with Crippen LogP contribution in [0.25, 0.3) is 77.2 Å². The van der Waals surface area contributed by atoms with E-state index in [4.69, 9.17) is 0 Å². The molecule has 10 aromatic carbocycles. The molecule has 2 heteroatoms. The molecule has 0 bridgehead atoms. The summed E-state index contributed by atoms with van der Waals surface area (Å²) in [7, 11) is 0. The van der Waals surface area contributed by atoms with E-state index in [9.17, 15) is 0 Å². The van der Waals surface area contributed by atoms with Gasteiger partial charge in [0.15, 0.2) is 0 Å². The molecule has 1 aliphatic heterocycles. The van der Waals surface area contributed by atoms with E-state index in [0.29, 0.717) is 0 Å². The fourth-order valence-corrected chi connectivity index (χ4v) is 9.96. The summed E-state index contributed by atoms with van der Waals surface area (Å²) < 4.78 is 0. The van der Waals surface area contributed by atoms with Crippen molar-refractivity contribution in [2.24, 2.45) is 0 Å². The predicted octanol–water partition coefficient (Wildman–Crippen LogP) is 16.4. The van der Waals surface area contributed by atoms with Gasteiger partial charge in [-0.15, -0.1) is 11.8 Å². The van der Waals surface area contributed by atoms with Crippen LogP contribution in [0, 0.1) is 0 Å². The van der Waals surface area contributed by atoms with Crippen molar-refractivity contribution in [2.45, 2.75) is 10.6 Å². The largest absolute Gasteiger partial charge is 0.310 e. The molecule has 0 N–H and O–H groups in total. The van der Waals surface area contributed by atoms with Crippen molar-refractivity contribution in [3.63, 3.8) is 0 Å². The van der Waals surface area contributed by atoms with Crippen LogP contribution in [0.2, 0.25) is 0 Å². The van der Waals surface area contributed by atoms with Crippen LogP contribution in [0.5, 0.6) is 0 Å². The zero-order valence-corrected chi connectivity index (χ0v) is 33.2. The molecule has 0 saturated heterocycles. The second-order valence-electron chi connectivity index (χ2n) is 15.2. The summed E-state index contributed by atoms with van der Waals surface area (Å²) in [5, 5.41) is 5.02. The minimum absolute atomic E-state index is 0.916. The fourth-order valence-electron chi connectivity index (χ4n) is 8.85. The van der Waals surface area contributed by atoms with Gasteiger partial charge in [0, 0.05) is 22.0 Å². The third kappa shape index (κ3) is 6.49. The summed E-state index contributed by atoms with van der Waals surface area (Å²) in [5.41, 5.74) is 17.2. The van der Waals surface area contributed by atoms with Gasteiger partial charge in [-0.25, -0.2) is 0 Å². The minimum Gasteiger partial charge on any atom is -0.310 e. The van der Waals surface area contributed by atoms with Gasteiger partial charge in [0.2, 0.25) is 0 Å². The first kappa shape index (κ1) is 35.1. The van der Waals surface area contributed by atoms with Crippen molar-refractivity contribution >= 4 is 50.4 Å². The average molecular weight is 770 g/mol. The van der Waals surface area contributed by atoms with Crippen LogP contribution in [-0.4, -0.2) is 0 Å². The molecule has 59 heavy (non-hydrogen) atoms. The number of fused-ring (bicyclic) bond motifs is 5. The normalized spacial score (nSPS) is 11.9. The maximum atomic E-state index is 2.45. The smallest absolute Gasteiger partial charge is 0.0508 e. The molecule has 0 spiro atoms. The molecular formula is C57H39NS. The second kappa shape index (κ2) is 15.0. The highest BCUT2D eigenvalue weighted by molar-refractivity contribution is 7.98. The SMILES string of the molecule is c1ccc(-c2ccc3cccc(-c4cccc(-c5ccc(N(c6ccc(-c7cccc8ccccc78)cc6)c6cccc7c6CSc6ccccc6-7)cc5)c4)c3c2)cc1. The van der Waals surface area contributed by atoms with Crippen LogP contribution in [0.3, 0.4) is 0 Å². The van der Waals surface area contributed by atoms with Crippen LogP contribution >= 0.6 is 11.8 Å². The maximum absolute atomic E-state index is 2.45. The molecule has 0 amide bonds. The first-order valence-corrected chi connectivity index (χ1v) is 21.3. The van der Waals surface area contributed by atoms with E-state index in [1.165, 1.54) is 93.3 Å². The van der Waals surface area contributed by atoms with Gasteiger partial charge in [0.25, 0.3) is 0 Å². The van der Waals surface area contributed by atoms with Gasteiger partial charge in [-0.1, -0.05) is 176 Å². The topological polar surface area (TPSA) is 3.24 Å². The van der Waals surface area contributed by atoms with E-state index < -0.39 is 0 Å². The maximum Gasteiger partial charge on any atom is 0.0508 e. The average Bonchev–Trinajstić information content (AvgIpc) is 3.32. The Labute approximate surface area is 349 Å². The zero-order valence-electron chi connectivity index (χ0n) is 32.4. The molecule has 0 unspecified atom stereocenters. The Morgan fingerprint density at radius 2 is 0.847 bits per heavy atom. The van der Waals surface area contributed by atoms with Crippen molar-refractivity contribution in [1.82, 2.24) is 0 Å². The standard InChI is InChI=1S/C57H39NS/c1-2-12-39(13-3-1)45-27-26-42-16-10-22-51(54(42)37-45)46-18-8-17-44(36-46)40-28-32-47(33-29-40)58(56-24-11-23-52-53-20-6-7-25-57(53)59-38-55(52)56)48-34-30-43(31-35-48)50-21-9-15-41-14-4-5-19-49(41)50/h1-37H,38H2. The lowest BCUT2D eigenvalue weighted by molar-refractivity contribution is 1.22. The van der Waals surface area contributed by atoms with Crippen LogP contribution < -0.4 is 4.90 Å². The molecule has 0 saturated carbocycles. The van der Waals surface area contributed by atoms with Gasteiger partial charge >= 0.3 is 0 Å². The first-order valence-electron chi connectivity index (χ1n) is 20.3. The summed E-state index contributed by atoms with van der Waals surface area (Å²) >= 11 is 1.93. The number of anilines is 3. The molecule has 1 nitrogen and oxygen atoms in total. The van der Waals surface area contributed by atoms with Crippen molar-refractivity contribution in [1.29, 1.82) is 0 Å². The first-order chi connectivity index (χ1) is 29.2. The Kier molecular flexibility index (Phi) is 8.91. The molecule has 0 aliphatic carbocycles. The van der Waals surface area contributed by atoms with Crippen LogP contribution in [-0.2, 0) is 5.75 Å². The van der Waals surface area contributed by atoms with E-state index >= 15 is 0 Å². The Balaban J connectivity index is 0.986. The van der Waals surface area contributed by atoms with Gasteiger partial charge in [0.1, 0.15) is 0 Å². The molecule has 0 radical (unpaired) electrons. The zero-order chi connectivity index (χ0) is 39.1. The summed E-state index contributed by atoms with van der Waals surface area (Å²) in [4.78, 5) is 3.79. The highest BCUT2D eigenvalue weighted by atomic mass is 32.2. The number of nitrogens with zero attached hydrogens (tertiary/aromatic N) is 1. The molecule has 0 fully saturated rings. The van der Waals surface area contributed by atoms with Crippen molar-refractivity contribution in [3.8, 4) is 55.6 Å². The summed E-state index contributed by atoms with van der Waals surface area (Å²) in [6, 6.07) is 82.1.